The summed E-state index contributed by atoms with van der Waals surface area (Å²) in [4.78, 5) is 17.7. The molecule has 4 heterocycles. The molecule has 2 aliphatic heterocycles. The van der Waals surface area contributed by atoms with E-state index in [1.807, 2.05) is 23.1 Å². The van der Waals surface area contributed by atoms with Crippen molar-refractivity contribution in [3.63, 3.8) is 0 Å². The summed E-state index contributed by atoms with van der Waals surface area (Å²) in [6.07, 6.45) is 1.75. The van der Waals surface area contributed by atoms with Gasteiger partial charge in [0.15, 0.2) is 18.1 Å². The molecular formula is C23H23NO3S2. The van der Waals surface area contributed by atoms with Crippen LogP contribution in [0.5, 0.6) is 11.5 Å². The Hall–Kier alpha value is -2.31. The standard InChI is InChI=1S/C23H23NO3S2/c1-23(2)13-15-5-3-6-17(22(15)27-23)26-14-20(25)24-10-8-18-16(9-12-29-18)21(24)19-7-4-11-28-19/h3-7,9,11-12,21H,8,10,13-14H2,1-2H3/t21-/m1/s1. The van der Waals surface area contributed by atoms with Gasteiger partial charge in [-0.1, -0.05) is 18.2 Å². The van der Waals surface area contributed by atoms with Crippen LogP contribution in [0.3, 0.4) is 0 Å². The Morgan fingerprint density at radius 1 is 1.21 bits per heavy atom. The van der Waals surface area contributed by atoms with E-state index in [1.54, 1.807) is 22.7 Å². The third-order valence-electron chi connectivity index (χ3n) is 5.51. The van der Waals surface area contributed by atoms with Crippen molar-refractivity contribution in [3.8, 4) is 11.5 Å². The Bertz CT molecular complexity index is 1040. The van der Waals surface area contributed by atoms with Crippen molar-refractivity contribution in [2.45, 2.75) is 38.3 Å². The van der Waals surface area contributed by atoms with Crippen molar-refractivity contribution in [3.05, 3.63) is 68.0 Å². The fourth-order valence-corrected chi connectivity index (χ4v) is 6.02. The highest BCUT2D eigenvalue weighted by molar-refractivity contribution is 7.10. The molecule has 0 bridgehead atoms. The van der Waals surface area contributed by atoms with Gasteiger partial charge in [-0.15, -0.1) is 22.7 Å². The third-order valence-corrected chi connectivity index (χ3v) is 7.43. The largest absolute Gasteiger partial charge is 0.483 e. The second-order valence-corrected chi connectivity index (χ2v) is 10.1. The highest BCUT2D eigenvalue weighted by Gasteiger charge is 2.35. The molecule has 5 rings (SSSR count). The Kier molecular flexibility index (Phi) is 4.63. The first kappa shape index (κ1) is 18.7. The first-order valence-corrected chi connectivity index (χ1v) is 11.6. The summed E-state index contributed by atoms with van der Waals surface area (Å²) in [5.74, 6) is 1.44. The molecule has 150 valence electrons. The van der Waals surface area contributed by atoms with Crippen molar-refractivity contribution in [1.29, 1.82) is 0 Å². The third kappa shape index (κ3) is 3.45. The van der Waals surface area contributed by atoms with Crippen LogP contribution in [0.15, 0.2) is 47.2 Å². The summed E-state index contributed by atoms with van der Waals surface area (Å²) in [6.45, 7) is 4.87. The molecule has 0 radical (unpaired) electrons. The van der Waals surface area contributed by atoms with Crippen LogP contribution < -0.4 is 9.47 Å². The molecular weight excluding hydrogens is 402 g/mol. The van der Waals surface area contributed by atoms with Crippen LogP contribution in [-0.4, -0.2) is 29.6 Å². The number of hydrogen-bond donors (Lipinski definition) is 0. The van der Waals surface area contributed by atoms with Crippen LogP contribution >= 0.6 is 22.7 Å². The van der Waals surface area contributed by atoms with E-state index < -0.39 is 0 Å². The number of nitrogens with zero attached hydrogens (tertiary/aromatic N) is 1. The predicted molar refractivity (Wildman–Crippen MR) is 116 cm³/mol. The van der Waals surface area contributed by atoms with Crippen molar-refractivity contribution >= 4 is 28.6 Å². The van der Waals surface area contributed by atoms with Gasteiger partial charge in [0, 0.05) is 28.3 Å². The van der Waals surface area contributed by atoms with E-state index >= 15 is 0 Å². The van der Waals surface area contributed by atoms with Gasteiger partial charge in [-0.2, -0.15) is 0 Å². The molecule has 1 atom stereocenters. The summed E-state index contributed by atoms with van der Waals surface area (Å²) < 4.78 is 12.1. The van der Waals surface area contributed by atoms with Gasteiger partial charge in [-0.05, 0) is 54.8 Å². The topological polar surface area (TPSA) is 38.8 Å². The monoisotopic (exact) mass is 425 g/mol. The molecule has 2 aliphatic rings. The number of ether oxygens (including phenoxy) is 2. The zero-order chi connectivity index (χ0) is 20.0. The number of thiophene rings is 2. The van der Waals surface area contributed by atoms with Gasteiger partial charge in [0.05, 0.1) is 6.04 Å². The molecule has 2 aromatic heterocycles. The minimum atomic E-state index is -0.238. The Balaban J connectivity index is 1.36. The van der Waals surface area contributed by atoms with Crippen LogP contribution in [0, 0.1) is 0 Å². The van der Waals surface area contributed by atoms with Gasteiger partial charge in [0.25, 0.3) is 5.91 Å². The molecule has 29 heavy (non-hydrogen) atoms. The summed E-state index contributed by atoms with van der Waals surface area (Å²) in [7, 11) is 0. The molecule has 0 saturated heterocycles. The molecule has 0 spiro atoms. The predicted octanol–water partition coefficient (Wildman–Crippen LogP) is 5.08. The maximum Gasteiger partial charge on any atom is 0.261 e. The lowest BCUT2D eigenvalue weighted by molar-refractivity contribution is -0.135. The number of fused-ring (bicyclic) bond motifs is 2. The van der Waals surface area contributed by atoms with Crippen molar-refractivity contribution in [1.82, 2.24) is 4.90 Å². The van der Waals surface area contributed by atoms with E-state index in [9.17, 15) is 4.79 Å². The quantitative estimate of drug-likeness (QED) is 0.585. The molecule has 0 saturated carbocycles. The molecule has 4 nitrogen and oxygen atoms in total. The number of carbonyl (C=O) groups excluding carboxylic acids is 1. The smallest absolute Gasteiger partial charge is 0.261 e. The average Bonchev–Trinajstić information content (AvgIpc) is 3.43. The van der Waals surface area contributed by atoms with E-state index in [0.29, 0.717) is 12.3 Å². The first-order valence-electron chi connectivity index (χ1n) is 9.85. The number of rotatable bonds is 4. The van der Waals surface area contributed by atoms with Gasteiger partial charge in [0.1, 0.15) is 5.60 Å². The highest BCUT2D eigenvalue weighted by atomic mass is 32.1. The maximum absolute atomic E-state index is 13.2. The molecule has 1 aromatic carbocycles. The molecule has 0 N–H and O–H groups in total. The van der Waals surface area contributed by atoms with Gasteiger partial charge in [-0.3, -0.25) is 4.79 Å². The fraction of sp³-hybridized carbons (Fsp3) is 0.348. The molecule has 1 amide bonds. The molecule has 3 aromatic rings. The van der Waals surface area contributed by atoms with Gasteiger partial charge in [-0.25, -0.2) is 0 Å². The maximum atomic E-state index is 13.2. The number of benzene rings is 1. The Labute approximate surface area is 178 Å². The SMILES string of the molecule is CC1(C)Cc2cccc(OCC(=O)N3CCc4sccc4[C@@H]3c3cccs3)c2O1. The Morgan fingerprint density at radius 3 is 2.93 bits per heavy atom. The van der Waals surface area contributed by atoms with Gasteiger partial charge < -0.3 is 14.4 Å². The van der Waals surface area contributed by atoms with Crippen molar-refractivity contribution in [2.24, 2.45) is 0 Å². The highest BCUT2D eigenvalue weighted by Crippen LogP contribution is 2.42. The van der Waals surface area contributed by atoms with Crippen LogP contribution in [0.25, 0.3) is 0 Å². The van der Waals surface area contributed by atoms with Crippen LogP contribution in [-0.2, 0) is 17.6 Å². The number of para-hydroxylation sites is 1. The lowest BCUT2D eigenvalue weighted by Crippen LogP contribution is -2.42. The van der Waals surface area contributed by atoms with Gasteiger partial charge in [0.2, 0.25) is 0 Å². The number of hydrogen-bond acceptors (Lipinski definition) is 5. The molecule has 0 fully saturated rings. The van der Waals surface area contributed by atoms with Crippen molar-refractivity contribution in [2.75, 3.05) is 13.2 Å². The van der Waals surface area contributed by atoms with Crippen molar-refractivity contribution < 1.29 is 14.3 Å². The zero-order valence-electron chi connectivity index (χ0n) is 16.5. The van der Waals surface area contributed by atoms with Crippen LogP contribution in [0.1, 0.15) is 40.8 Å². The minimum Gasteiger partial charge on any atom is -0.483 e. The van der Waals surface area contributed by atoms with E-state index in [0.717, 1.165) is 24.2 Å². The second-order valence-electron chi connectivity index (χ2n) is 8.13. The summed E-state index contributed by atoms with van der Waals surface area (Å²) in [5, 5.41) is 4.20. The van der Waals surface area contributed by atoms with E-state index in [2.05, 4.69) is 42.8 Å². The second kappa shape index (κ2) is 7.18. The lowest BCUT2D eigenvalue weighted by Gasteiger charge is -2.35. The van der Waals surface area contributed by atoms with Gasteiger partial charge >= 0.3 is 0 Å². The van der Waals surface area contributed by atoms with E-state index in [-0.39, 0.29) is 24.2 Å². The Morgan fingerprint density at radius 2 is 2.10 bits per heavy atom. The molecule has 6 heteroatoms. The number of carbonyl (C=O) groups is 1. The molecule has 0 aliphatic carbocycles. The fourth-order valence-electron chi connectivity index (χ4n) is 4.26. The summed E-state index contributed by atoms with van der Waals surface area (Å²) >= 11 is 3.48. The zero-order valence-corrected chi connectivity index (χ0v) is 18.1. The van der Waals surface area contributed by atoms with Crippen LogP contribution in [0.2, 0.25) is 0 Å². The van der Waals surface area contributed by atoms with E-state index in [1.165, 1.54) is 15.3 Å². The molecule has 0 unspecified atom stereocenters. The van der Waals surface area contributed by atoms with Crippen LogP contribution in [0.4, 0.5) is 0 Å². The summed E-state index contributed by atoms with van der Waals surface area (Å²) in [5.41, 5.74) is 2.15. The normalized spacial score (nSPS) is 19.4. The van der Waals surface area contributed by atoms with E-state index in [4.69, 9.17) is 9.47 Å². The number of amides is 1. The minimum absolute atomic E-state index is 0.00936. The summed E-state index contributed by atoms with van der Waals surface area (Å²) in [6, 6.07) is 12.2. The lowest BCUT2D eigenvalue weighted by atomic mass is 9.98. The average molecular weight is 426 g/mol. The first-order chi connectivity index (χ1) is 14.0.